The maximum atomic E-state index is 11.9. The molecule has 0 radical (unpaired) electrons. The average molecular weight is 383 g/mol. The summed E-state index contributed by atoms with van der Waals surface area (Å²) in [4.78, 5) is 14.3. The molecule has 0 saturated carbocycles. The first-order chi connectivity index (χ1) is 11.7. The fraction of sp³-hybridized carbons (Fsp3) is 0. The van der Waals surface area contributed by atoms with Gasteiger partial charge in [0.1, 0.15) is 4.90 Å². The average Bonchev–Trinajstić information content (AvgIpc) is 2.53. The standard InChI is InChI=1S/C14H12ClN5O4S/c15-13-6-3-11(20(21)22)7-9(13)8-18-10-1-4-12(5-2-10)25(23,24)19-14(16)17/h1-8H,(H4,16,17,19)/p+1. The van der Waals surface area contributed by atoms with Crippen LogP contribution in [0.5, 0.6) is 0 Å². The molecule has 2 aromatic carbocycles. The zero-order chi connectivity index (χ0) is 18.6. The third-order valence-electron chi connectivity index (χ3n) is 2.94. The summed E-state index contributed by atoms with van der Waals surface area (Å²) in [6.07, 6.45) is 1.35. The Morgan fingerprint density at radius 1 is 1.20 bits per heavy atom. The summed E-state index contributed by atoms with van der Waals surface area (Å²) in [5.74, 6) is -0.442. The third-order valence-corrected chi connectivity index (χ3v) is 4.68. The van der Waals surface area contributed by atoms with Crippen LogP contribution in [0.2, 0.25) is 5.02 Å². The van der Waals surface area contributed by atoms with E-state index in [4.69, 9.17) is 23.1 Å². The molecule has 0 heterocycles. The number of hydrogen-bond donors (Lipinski definition) is 3. The van der Waals surface area contributed by atoms with Gasteiger partial charge in [0.25, 0.3) is 5.69 Å². The number of rotatable bonds is 5. The molecule has 0 fully saturated rings. The highest BCUT2D eigenvalue weighted by atomic mass is 35.5. The van der Waals surface area contributed by atoms with Gasteiger partial charge in [-0.25, -0.2) is 0 Å². The van der Waals surface area contributed by atoms with Gasteiger partial charge in [0.15, 0.2) is 0 Å². The van der Waals surface area contributed by atoms with Crippen LogP contribution in [0.25, 0.3) is 0 Å². The fourth-order valence-corrected chi connectivity index (χ4v) is 2.90. The molecule has 2 rings (SSSR count). The van der Waals surface area contributed by atoms with E-state index in [0.29, 0.717) is 16.3 Å². The highest BCUT2D eigenvalue weighted by Crippen LogP contribution is 2.22. The van der Waals surface area contributed by atoms with Crippen molar-refractivity contribution in [3.63, 3.8) is 0 Å². The number of nitrogens with two attached hydrogens (primary N) is 2. The molecule has 0 aliphatic rings. The molecule has 0 unspecified atom stereocenters. The number of nitrogens with one attached hydrogen (secondary N) is 1. The zero-order valence-corrected chi connectivity index (χ0v) is 14.2. The van der Waals surface area contributed by atoms with Crippen molar-refractivity contribution in [2.75, 3.05) is 0 Å². The van der Waals surface area contributed by atoms with Gasteiger partial charge in [-0.3, -0.25) is 26.6 Å². The van der Waals surface area contributed by atoms with Crippen molar-refractivity contribution in [1.29, 1.82) is 0 Å². The summed E-state index contributed by atoms with van der Waals surface area (Å²) < 4.78 is 25.7. The number of non-ortho nitro benzene ring substituents is 1. The first kappa shape index (κ1) is 18.4. The second-order valence-corrected chi connectivity index (χ2v) is 6.87. The normalized spacial score (nSPS) is 11.4. The van der Waals surface area contributed by atoms with Gasteiger partial charge in [0.05, 0.1) is 10.6 Å². The first-order valence-electron chi connectivity index (χ1n) is 6.68. The molecule has 0 aliphatic carbocycles. The van der Waals surface area contributed by atoms with Crippen LogP contribution in [0.15, 0.2) is 52.4 Å². The van der Waals surface area contributed by atoms with E-state index in [1.807, 2.05) is 4.40 Å². The predicted molar refractivity (Wildman–Crippen MR) is 93.3 cm³/mol. The second-order valence-electron chi connectivity index (χ2n) is 4.78. The molecule has 2 aromatic rings. The molecule has 0 aromatic heterocycles. The Bertz CT molecular complexity index is 967. The molecule has 25 heavy (non-hydrogen) atoms. The minimum Gasteiger partial charge on any atom is -0.290 e. The monoisotopic (exact) mass is 382 g/mol. The Balaban J connectivity index is 2.28. The van der Waals surface area contributed by atoms with Crippen LogP contribution in [0.3, 0.4) is 0 Å². The molecular weight excluding hydrogens is 370 g/mol. The van der Waals surface area contributed by atoms with E-state index in [1.165, 1.54) is 48.7 Å². The molecule has 0 aliphatic heterocycles. The third kappa shape index (κ3) is 4.75. The van der Waals surface area contributed by atoms with Crippen LogP contribution >= 0.6 is 11.6 Å². The van der Waals surface area contributed by atoms with Crippen molar-refractivity contribution in [2.45, 2.75) is 4.90 Å². The number of aliphatic imine (C=N–C) groups is 1. The first-order valence-corrected chi connectivity index (χ1v) is 8.54. The van der Waals surface area contributed by atoms with Crippen molar-refractivity contribution < 1.29 is 17.7 Å². The Labute approximate surface area is 147 Å². The van der Waals surface area contributed by atoms with E-state index in [9.17, 15) is 18.5 Å². The number of hydrogen-bond acceptors (Lipinski definition) is 5. The SMILES string of the molecule is NC(N)=[NH+]S(=O)(=O)c1ccc(N=Cc2cc([N+](=O)[O-])ccc2Cl)cc1. The van der Waals surface area contributed by atoms with Gasteiger partial charge in [-0.2, -0.15) is 12.8 Å². The number of nitro groups is 1. The Morgan fingerprint density at radius 3 is 2.40 bits per heavy atom. The Kier molecular flexibility index (Phi) is 5.35. The van der Waals surface area contributed by atoms with Gasteiger partial charge in [-0.1, -0.05) is 11.6 Å². The van der Waals surface area contributed by atoms with Gasteiger partial charge in [0.2, 0.25) is 0 Å². The van der Waals surface area contributed by atoms with E-state index in [0.717, 1.165) is 0 Å². The summed E-state index contributed by atoms with van der Waals surface area (Å²) >= 11 is 5.97. The van der Waals surface area contributed by atoms with E-state index in [2.05, 4.69) is 4.99 Å². The fourth-order valence-electron chi connectivity index (χ4n) is 1.81. The highest BCUT2D eigenvalue weighted by molar-refractivity contribution is 7.84. The molecule has 9 nitrogen and oxygen atoms in total. The summed E-state index contributed by atoms with van der Waals surface area (Å²) in [6.45, 7) is 0. The maximum Gasteiger partial charge on any atom is 0.353 e. The van der Waals surface area contributed by atoms with Crippen molar-refractivity contribution in [1.82, 2.24) is 0 Å². The van der Waals surface area contributed by atoms with E-state index >= 15 is 0 Å². The number of benzene rings is 2. The lowest BCUT2D eigenvalue weighted by molar-refractivity contribution is -0.384. The molecule has 0 spiro atoms. The van der Waals surface area contributed by atoms with Gasteiger partial charge in [-0.15, -0.1) is 0 Å². The summed E-state index contributed by atoms with van der Waals surface area (Å²) in [5.41, 5.74) is 10.9. The van der Waals surface area contributed by atoms with Crippen LogP contribution in [0.4, 0.5) is 11.4 Å². The largest absolute Gasteiger partial charge is 0.353 e. The minimum absolute atomic E-state index is 0.0479. The van der Waals surface area contributed by atoms with Gasteiger partial charge in [0, 0.05) is 28.9 Å². The van der Waals surface area contributed by atoms with Crippen molar-refractivity contribution in [3.05, 3.63) is 63.2 Å². The van der Waals surface area contributed by atoms with E-state index < -0.39 is 20.9 Å². The lowest BCUT2D eigenvalue weighted by Crippen LogP contribution is -2.80. The van der Waals surface area contributed by atoms with Gasteiger partial charge in [-0.05, 0) is 30.3 Å². The smallest absolute Gasteiger partial charge is 0.290 e. The molecule has 130 valence electrons. The quantitative estimate of drug-likeness (QED) is 0.287. The van der Waals surface area contributed by atoms with Crippen LogP contribution in [0, 0.1) is 10.1 Å². The lowest BCUT2D eigenvalue weighted by Gasteiger charge is -2.00. The minimum atomic E-state index is -3.85. The highest BCUT2D eigenvalue weighted by Gasteiger charge is 2.14. The topological polar surface area (TPSA) is 156 Å². The van der Waals surface area contributed by atoms with Gasteiger partial charge < -0.3 is 0 Å². The van der Waals surface area contributed by atoms with Crippen LogP contribution in [-0.2, 0) is 10.0 Å². The molecule has 0 amide bonds. The molecule has 11 heteroatoms. The molecule has 5 N–H and O–H groups in total. The number of nitrogens with zero attached hydrogens (tertiary/aromatic N) is 2. The molecule has 0 atom stereocenters. The Hall–Kier alpha value is -2.98. The lowest BCUT2D eigenvalue weighted by atomic mass is 10.2. The number of sulfonamides is 1. The van der Waals surface area contributed by atoms with Crippen molar-refractivity contribution in [3.8, 4) is 0 Å². The molecule has 0 saturated heterocycles. The molecular formula is C14H13ClN5O4S+. The second kappa shape index (κ2) is 7.28. The summed E-state index contributed by atoms with van der Waals surface area (Å²) in [6, 6.07) is 9.49. The summed E-state index contributed by atoms with van der Waals surface area (Å²) in [7, 11) is -3.85. The molecule has 0 bridgehead atoms. The maximum absolute atomic E-state index is 11.9. The van der Waals surface area contributed by atoms with Gasteiger partial charge >= 0.3 is 16.0 Å². The van der Waals surface area contributed by atoms with Crippen molar-refractivity contribution >= 4 is 45.2 Å². The zero-order valence-electron chi connectivity index (χ0n) is 12.6. The predicted octanol–water partition coefficient (Wildman–Crippen LogP) is 0.0415. The van der Waals surface area contributed by atoms with E-state index in [-0.39, 0.29) is 10.6 Å². The van der Waals surface area contributed by atoms with Crippen LogP contribution in [0.1, 0.15) is 5.56 Å². The Morgan fingerprint density at radius 2 is 1.84 bits per heavy atom. The summed E-state index contributed by atoms with van der Waals surface area (Å²) in [5, 5.41) is 11.1. The number of guanidine groups is 1. The van der Waals surface area contributed by atoms with Crippen molar-refractivity contribution in [2.24, 2.45) is 16.5 Å². The van der Waals surface area contributed by atoms with Crippen LogP contribution in [-0.4, -0.2) is 25.5 Å². The van der Waals surface area contributed by atoms with Crippen LogP contribution < -0.4 is 15.9 Å². The number of halogens is 1. The van der Waals surface area contributed by atoms with E-state index in [1.54, 1.807) is 0 Å². The number of nitro benzene ring substituents is 1.